The number of aromatic nitrogens is 1. The SMILES string of the molecule is CC.Cc1nc(N)c(F)c(C(C)C)c1C(F)(F)F. The van der Waals surface area contributed by atoms with Gasteiger partial charge in [-0.2, -0.15) is 13.2 Å². The summed E-state index contributed by atoms with van der Waals surface area (Å²) >= 11 is 0. The molecule has 0 saturated carbocycles. The van der Waals surface area contributed by atoms with Crippen LogP contribution in [0, 0.1) is 12.7 Å². The van der Waals surface area contributed by atoms with Crippen molar-refractivity contribution < 1.29 is 17.6 Å². The molecule has 0 amide bonds. The standard InChI is InChI=1S/C10H12F4N2.C2H6/c1-4(2)6-7(10(12,13)14)5(3)16-9(15)8(6)11;1-2/h4H,1-3H3,(H2,15,16);1-2H3. The molecular formula is C12H18F4N2. The lowest BCUT2D eigenvalue weighted by Gasteiger charge is -2.19. The van der Waals surface area contributed by atoms with E-state index in [1.54, 1.807) is 0 Å². The van der Waals surface area contributed by atoms with Gasteiger partial charge in [0.25, 0.3) is 0 Å². The fraction of sp³-hybridized carbons (Fsp3) is 0.583. The van der Waals surface area contributed by atoms with Crippen LogP contribution >= 0.6 is 0 Å². The van der Waals surface area contributed by atoms with E-state index in [1.165, 1.54) is 20.8 Å². The first-order valence-electron chi connectivity index (χ1n) is 5.69. The predicted octanol–water partition coefficient (Wildman–Crippen LogP) is 4.28. The number of nitrogen functional groups attached to an aromatic ring is 1. The summed E-state index contributed by atoms with van der Waals surface area (Å²) in [6.07, 6.45) is -4.62. The number of hydrogen-bond donors (Lipinski definition) is 1. The lowest BCUT2D eigenvalue weighted by molar-refractivity contribution is -0.139. The maximum atomic E-state index is 13.5. The van der Waals surface area contributed by atoms with Gasteiger partial charge in [-0.1, -0.05) is 27.7 Å². The van der Waals surface area contributed by atoms with Gasteiger partial charge in [-0.25, -0.2) is 9.37 Å². The highest BCUT2D eigenvalue weighted by Crippen LogP contribution is 2.39. The van der Waals surface area contributed by atoms with Crippen molar-refractivity contribution in [1.29, 1.82) is 0 Å². The molecule has 1 heterocycles. The van der Waals surface area contributed by atoms with Gasteiger partial charge in [0.1, 0.15) is 0 Å². The van der Waals surface area contributed by atoms with Gasteiger partial charge in [-0.3, -0.25) is 0 Å². The Balaban J connectivity index is 0.00000137. The molecule has 0 bridgehead atoms. The zero-order valence-corrected chi connectivity index (χ0v) is 11.1. The van der Waals surface area contributed by atoms with E-state index in [2.05, 4.69) is 4.98 Å². The number of halogens is 4. The van der Waals surface area contributed by atoms with Crippen LogP contribution in [0.2, 0.25) is 0 Å². The Kier molecular flexibility index (Phi) is 5.57. The maximum absolute atomic E-state index is 13.5. The van der Waals surface area contributed by atoms with Gasteiger partial charge >= 0.3 is 6.18 Å². The first kappa shape index (κ1) is 16.7. The van der Waals surface area contributed by atoms with E-state index >= 15 is 0 Å². The van der Waals surface area contributed by atoms with Gasteiger partial charge in [-0.15, -0.1) is 0 Å². The first-order chi connectivity index (χ1) is 8.16. The van der Waals surface area contributed by atoms with E-state index in [-0.39, 0.29) is 5.69 Å². The second kappa shape index (κ2) is 6.02. The van der Waals surface area contributed by atoms with Crippen molar-refractivity contribution in [2.75, 3.05) is 5.73 Å². The van der Waals surface area contributed by atoms with Crippen LogP contribution in [0.3, 0.4) is 0 Å². The van der Waals surface area contributed by atoms with Gasteiger partial charge in [0, 0.05) is 5.56 Å². The summed E-state index contributed by atoms with van der Waals surface area (Å²) in [5.74, 6) is -2.18. The van der Waals surface area contributed by atoms with Gasteiger partial charge in [0.05, 0.1) is 11.3 Å². The normalized spacial score (nSPS) is 11.2. The summed E-state index contributed by atoms with van der Waals surface area (Å²) in [5, 5.41) is 0. The second-order valence-corrected chi connectivity index (χ2v) is 3.84. The molecule has 0 aliphatic heterocycles. The van der Waals surface area contributed by atoms with E-state index in [0.29, 0.717) is 0 Å². The van der Waals surface area contributed by atoms with Crippen LogP contribution in [0.4, 0.5) is 23.4 Å². The van der Waals surface area contributed by atoms with Crippen LogP contribution in [-0.2, 0) is 6.18 Å². The smallest absolute Gasteiger partial charge is 0.381 e. The van der Waals surface area contributed by atoms with Crippen LogP contribution in [-0.4, -0.2) is 4.98 Å². The molecule has 2 N–H and O–H groups in total. The number of aryl methyl sites for hydroxylation is 1. The molecule has 0 fully saturated rings. The number of anilines is 1. The minimum atomic E-state index is -4.62. The third-order valence-electron chi connectivity index (χ3n) is 2.24. The zero-order valence-electron chi connectivity index (χ0n) is 11.1. The number of alkyl halides is 3. The first-order valence-corrected chi connectivity index (χ1v) is 5.69. The molecule has 18 heavy (non-hydrogen) atoms. The van der Waals surface area contributed by atoms with E-state index in [0.717, 1.165) is 0 Å². The Morgan fingerprint density at radius 1 is 1.17 bits per heavy atom. The summed E-state index contributed by atoms with van der Waals surface area (Å²) in [6.45, 7) is 8.13. The molecule has 0 aliphatic rings. The average Bonchev–Trinajstić information content (AvgIpc) is 2.23. The molecule has 0 unspecified atom stereocenters. The summed E-state index contributed by atoms with van der Waals surface area (Å²) in [7, 11) is 0. The molecule has 2 nitrogen and oxygen atoms in total. The second-order valence-electron chi connectivity index (χ2n) is 3.84. The number of hydrogen-bond acceptors (Lipinski definition) is 2. The average molecular weight is 266 g/mol. The Morgan fingerprint density at radius 3 is 1.94 bits per heavy atom. The Labute approximate surface area is 104 Å². The molecule has 0 aromatic carbocycles. The highest BCUT2D eigenvalue weighted by atomic mass is 19.4. The molecular weight excluding hydrogens is 248 g/mol. The summed E-state index contributed by atoms with van der Waals surface area (Å²) in [5.41, 5.74) is 3.48. The van der Waals surface area contributed by atoms with E-state index < -0.39 is 34.9 Å². The molecule has 104 valence electrons. The largest absolute Gasteiger partial charge is 0.418 e. The Bertz CT molecular complexity index is 412. The quantitative estimate of drug-likeness (QED) is 0.770. The fourth-order valence-electron chi connectivity index (χ4n) is 1.63. The van der Waals surface area contributed by atoms with Crippen molar-refractivity contribution in [1.82, 2.24) is 4.98 Å². The summed E-state index contributed by atoms with van der Waals surface area (Å²) < 4.78 is 51.7. The maximum Gasteiger partial charge on any atom is 0.418 e. The van der Waals surface area contributed by atoms with Gasteiger partial charge in [0.2, 0.25) is 0 Å². The van der Waals surface area contributed by atoms with E-state index in [4.69, 9.17) is 5.73 Å². The predicted molar refractivity (Wildman–Crippen MR) is 63.8 cm³/mol. The molecule has 0 saturated heterocycles. The van der Waals surface area contributed by atoms with Crippen LogP contribution in [0.15, 0.2) is 0 Å². The third kappa shape index (κ3) is 3.34. The topological polar surface area (TPSA) is 38.9 Å². The van der Waals surface area contributed by atoms with Crippen LogP contribution < -0.4 is 5.73 Å². The number of pyridine rings is 1. The molecule has 1 aromatic heterocycles. The monoisotopic (exact) mass is 266 g/mol. The van der Waals surface area contributed by atoms with Crippen molar-refractivity contribution >= 4 is 5.82 Å². The van der Waals surface area contributed by atoms with Crippen LogP contribution in [0.25, 0.3) is 0 Å². The molecule has 0 radical (unpaired) electrons. The minimum Gasteiger partial charge on any atom is -0.381 e. The van der Waals surface area contributed by atoms with Gasteiger partial charge < -0.3 is 5.73 Å². The van der Waals surface area contributed by atoms with Gasteiger partial charge in [-0.05, 0) is 12.8 Å². The van der Waals surface area contributed by atoms with Crippen LogP contribution in [0.5, 0.6) is 0 Å². The van der Waals surface area contributed by atoms with Gasteiger partial charge in [0.15, 0.2) is 11.6 Å². The number of nitrogens with two attached hydrogens (primary N) is 1. The van der Waals surface area contributed by atoms with Crippen molar-refractivity contribution in [2.45, 2.75) is 46.7 Å². The Morgan fingerprint density at radius 2 is 1.61 bits per heavy atom. The lowest BCUT2D eigenvalue weighted by Crippen LogP contribution is -2.17. The molecule has 6 heteroatoms. The minimum absolute atomic E-state index is 0.296. The van der Waals surface area contributed by atoms with Crippen molar-refractivity contribution in [2.24, 2.45) is 0 Å². The van der Waals surface area contributed by atoms with Crippen molar-refractivity contribution in [3.05, 3.63) is 22.6 Å². The highest BCUT2D eigenvalue weighted by Gasteiger charge is 2.38. The van der Waals surface area contributed by atoms with Crippen molar-refractivity contribution in [3.63, 3.8) is 0 Å². The lowest BCUT2D eigenvalue weighted by atomic mass is 9.95. The molecule has 0 atom stereocenters. The summed E-state index contributed by atoms with van der Waals surface area (Å²) in [6, 6.07) is 0. The zero-order chi connectivity index (χ0) is 14.7. The van der Waals surface area contributed by atoms with E-state index in [9.17, 15) is 17.6 Å². The number of nitrogens with zero attached hydrogens (tertiary/aromatic N) is 1. The molecule has 0 spiro atoms. The molecule has 1 aromatic rings. The fourth-order valence-corrected chi connectivity index (χ4v) is 1.63. The molecule has 1 rings (SSSR count). The summed E-state index contributed by atoms with van der Waals surface area (Å²) in [4.78, 5) is 3.37. The van der Waals surface area contributed by atoms with Crippen molar-refractivity contribution in [3.8, 4) is 0 Å². The number of rotatable bonds is 1. The molecule has 0 aliphatic carbocycles. The Hall–Kier alpha value is -1.33. The van der Waals surface area contributed by atoms with Crippen LogP contribution in [0.1, 0.15) is 50.4 Å². The van der Waals surface area contributed by atoms with E-state index in [1.807, 2.05) is 13.8 Å². The third-order valence-corrected chi connectivity index (χ3v) is 2.24. The highest BCUT2D eigenvalue weighted by molar-refractivity contribution is 5.45.